The largest absolute Gasteiger partial charge is 0.491 e. The first-order chi connectivity index (χ1) is 15.1. The third-order valence-electron chi connectivity index (χ3n) is 5.07. The summed E-state index contributed by atoms with van der Waals surface area (Å²) in [6.07, 6.45) is 4.14. The van der Waals surface area contributed by atoms with Crippen LogP contribution in [0.3, 0.4) is 0 Å². The molecule has 0 amide bonds. The molecule has 3 aromatic carbocycles. The van der Waals surface area contributed by atoms with Crippen molar-refractivity contribution in [1.29, 1.82) is 5.26 Å². The molecule has 0 fully saturated rings. The van der Waals surface area contributed by atoms with Gasteiger partial charge in [-0.1, -0.05) is 30.3 Å². The van der Waals surface area contributed by atoms with Crippen molar-refractivity contribution in [2.75, 3.05) is 6.61 Å². The molecule has 0 radical (unpaired) electrons. The van der Waals surface area contributed by atoms with Crippen LogP contribution < -0.4 is 4.74 Å². The van der Waals surface area contributed by atoms with Crippen LogP contribution in [0, 0.1) is 23.0 Å². The topological polar surface area (TPSA) is 58.8 Å². The highest BCUT2D eigenvalue weighted by atomic mass is 19.1. The van der Waals surface area contributed by atoms with E-state index in [4.69, 9.17) is 10.00 Å². The Bertz CT molecular complexity index is 1280. The van der Waals surface area contributed by atoms with Gasteiger partial charge in [-0.3, -0.25) is 0 Å². The van der Waals surface area contributed by atoms with Crippen LogP contribution in [0.2, 0.25) is 0 Å². The average molecular weight is 415 g/mol. The summed E-state index contributed by atoms with van der Waals surface area (Å²) in [7, 11) is 0. The van der Waals surface area contributed by atoms with Crippen LogP contribution >= 0.6 is 0 Å². The summed E-state index contributed by atoms with van der Waals surface area (Å²) in [6.45, 7) is 2.43. The molecule has 0 saturated carbocycles. The fraction of sp³-hybridized carbons (Fsp3) is 0.160. The molecule has 0 unspecified atom stereocenters. The van der Waals surface area contributed by atoms with Gasteiger partial charge in [0.2, 0.25) is 0 Å². The van der Waals surface area contributed by atoms with Gasteiger partial charge in [0.15, 0.2) is 11.6 Å². The molecule has 0 aliphatic heterocycles. The zero-order valence-electron chi connectivity index (χ0n) is 16.9. The summed E-state index contributed by atoms with van der Waals surface area (Å²) in [5.41, 5.74) is 2.07. The predicted octanol–water partition coefficient (Wildman–Crippen LogP) is 5.63. The third-order valence-corrected chi connectivity index (χ3v) is 5.07. The SMILES string of the molecule is CCOc1cnc(-c2ccc3c(F)c(CCc4ccc(C#N)c(F)c4)ccc3c2)nc1. The number of fused-ring (bicyclic) bond motifs is 1. The highest BCUT2D eigenvalue weighted by Gasteiger charge is 2.11. The van der Waals surface area contributed by atoms with Crippen LogP contribution in [-0.2, 0) is 12.8 Å². The molecular formula is C25H19F2N3O. The van der Waals surface area contributed by atoms with E-state index >= 15 is 4.39 Å². The van der Waals surface area contributed by atoms with E-state index in [1.807, 2.05) is 19.1 Å². The second-order valence-electron chi connectivity index (χ2n) is 7.08. The van der Waals surface area contributed by atoms with Crippen molar-refractivity contribution in [1.82, 2.24) is 9.97 Å². The van der Waals surface area contributed by atoms with Gasteiger partial charge in [0.05, 0.1) is 24.6 Å². The lowest BCUT2D eigenvalue weighted by Gasteiger charge is -2.09. The van der Waals surface area contributed by atoms with Gasteiger partial charge in [0, 0.05) is 10.9 Å². The van der Waals surface area contributed by atoms with E-state index in [-0.39, 0.29) is 11.4 Å². The van der Waals surface area contributed by atoms with E-state index in [0.717, 1.165) is 16.5 Å². The van der Waals surface area contributed by atoms with Crippen molar-refractivity contribution in [2.24, 2.45) is 0 Å². The Balaban J connectivity index is 1.56. The lowest BCUT2D eigenvalue weighted by atomic mass is 9.98. The fourth-order valence-electron chi connectivity index (χ4n) is 3.46. The zero-order valence-corrected chi connectivity index (χ0v) is 16.9. The fourth-order valence-corrected chi connectivity index (χ4v) is 3.46. The number of benzene rings is 3. The van der Waals surface area contributed by atoms with Crippen LogP contribution in [0.1, 0.15) is 23.6 Å². The Morgan fingerprint density at radius 2 is 1.77 bits per heavy atom. The van der Waals surface area contributed by atoms with E-state index in [2.05, 4.69) is 9.97 Å². The van der Waals surface area contributed by atoms with E-state index in [0.29, 0.717) is 42.0 Å². The molecule has 0 saturated heterocycles. The number of aryl methyl sites for hydroxylation is 2. The molecule has 0 N–H and O–H groups in total. The molecule has 4 nitrogen and oxygen atoms in total. The Kier molecular flexibility index (Phi) is 5.85. The Morgan fingerprint density at radius 3 is 2.48 bits per heavy atom. The normalized spacial score (nSPS) is 10.8. The summed E-state index contributed by atoms with van der Waals surface area (Å²) in [4.78, 5) is 8.63. The molecule has 0 aliphatic rings. The zero-order chi connectivity index (χ0) is 21.8. The number of rotatable bonds is 6. The molecule has 0 atom stereocenters. The molecule has 4 aromatic rings. The van der Waals surface area contributed by atoms with Crippen LogP contribution in [0.25, 0.3) is 22.2 Å². The summed E-state index contributed by atoms with van der Waals surface area (Å²) in [5, 5.41) is 10.1. The van der Waals surface area contributed by atoms with Gasteiger partial charge in [-0.15, -0.1) is 0 Å². The molecule has 4 rings (SSSR count). The summed E-state index contributed by atoms with van der Waals surface area (Å²) < 4.78 is 34.2. The highest BCUT2D eigenvalue weighted by molar-refractivity contribution is 5.87. The van der Waals surface area contributed by atoms with Gasteiger partial charge in [0.1, 0.15) is 17.7 Å². The molecule has 0 bridgehead atoms. The predicted molar refractivity (Wildman–Crippen MR) is 115 cm³/mol. The quantitative estimate of drug-likeness (QED) is 0.409. The van der Waals surface area contributed by atoms with Crippen LogP contribution in [0.5, 0.6) is 5.75 Å². The van der Waals surface area contributed by atoms with Gasteiger partial charge in [-0.05, 0) is 54.5 Å². The number of hydrogen-bond donors (Lipinski definition) is 0. The van der Waals surface area contributed by atoms with Gasteiger partial charge < -0.3 is 4.74 Å². The Labute approximate surface area is 178 Å². The maximum absolute atomic E-state index is 15.1. The molecule has 1 heterocycles. The first-order valence-electron chi connectivity index (χ1n) is 9.94. The van der Waals surface area contributed by atoms with Gasteiger partial charge >= 0.3 is 0 Å². The molecule has 154 valence electrons. The second-order valence-corrected chi connectivity index (χ2v) is 7.08. The lowest BCUT2D eigenvalue weighted by Crippen LogP contribution is -1.98. The molecule has 31 heavy (non-hydrogen) atoms. The van der Waals surface area contributed by atoms with Gasteiger partial charge in [-0.25, -0.2) is 18.7 Å². The van der Waals surface area contributed by atoms with Crippen molar-refractivity contribution in [3.63, 3.8) is 0 Å². The number of ether oxygens (including phenoxy) is 1. The van der Waals surface area contributed by atoms with Crippen LogP contribution in [0.4, 0.5) is 8.78 Å². The summed E-state index contributed by atoms with van der Waals surface area (Å²) in [6, 6.07) is 15.3. The third kappa shape index (κ3) is 4.36. The van der Waals surface area contributed by atoms with E-state index in [9.17, 15) is 4.39 Å². The van der Waals surface area contributed by atoms with E-state index in [1.165, 1.54) is 12.1 Å². The second kappa shape index (κ2) is 8.88. The van der Waals surface area contributed by atoms with Crippen LogP contribution in [0.15, 0.2) is 60.9 Å². The molecule has 6 heteroatoms. The highest BCUT2D eigenvalue weighted by Crippen LogP contribution is 2.27. The molecule has 1 aromatic heterocycles. The van der Waals surface area contributed by atoms with Crippen molar-refractivity contribution < 1.29 is 13.5 Å². The molecule has 0 spiro atoms. The maximum Gasteiger partial charge on any atom is 0.159 e. The standard InChI is InChI=1S/C25H19F2N3O/c1-2-31-21-14-29-25(30-15-21)19-9-10-22-18(12-19)8-7-17(24(22)27)5-3-16-4-6-20(13-28)23(26)11-16/h4,6-12,14-15H,2-3,5H2,1H3. The van der Waals surface area contributed by atoms with Crippen molar-refractivity contribution in [2.45, 2.75) is 19.8 Å². The lowest BCUT2D eigenvalue weighted by molar-refractivity contribution is 0.337. The Morgan fingerprint density at radius 1 is 0.968 bits per heavy atom. The maximum atomic E-state index is 15.1. The van der Waals surface area contributed by atoms with Crippen molar-refractivity contribution in [3.05, 3.63) is 89.2 Å². The minimum atomic E-state index is -0.553. The van der Waals surface area contributed by atoms with E-state index < -0.39 is 5.82 Å². The first kappa shape index (κ1) is 20.4. The van der Waals surface area contributed by atoms with E-state index in [1.54, 1.807) is 42.7 Å². The van der Waals surface area contributed by atoms with Crippen molar-refractivity contribution in [3.8, 4) is 23.2 Å². The first-order valence-corrected chi connectivity index (χ1v) is 9.94. The van der Waals surface area contributed by atoms with Gasteiger partial charge in [0.25, 0.3) is 0 Å². The smallest absolute Gasteiger partial charge is 0.159 e. The monoisotopic (exact) mass is 415 g/mol. The summed E-state index contributed by atoms with van der Waals surface area (Å²) >= 11 is 0. The number of nitrogens with zero attached hydrogens (tertiary/aromatic N) is 3. The number of aromatic nitrogens is 2. The number of halogens is 2. The molecule has 0 aliphatic carbocycles. The molecular weight excluding hydrogens is 396 g/mol. The number of hydrogen-bond acceptors (Lipinski definition) is 4. The Hall–Kier alpha value is -3.85. The minimum Gasteiger partial charge on any atom is -0.491 e. The van der Waals surface area contributed by atoms with Crippen molar-refractivity contribution >= 4 is 10.8 Å². The average Bonchev–Trinajstić information content (AvgIpc) is 2.79. The summed E-state index contributed by atoms with van der Waals surface area (Å²) in [5.74, 6) is 0.302. The van der Waals surface area contributed by atoms with Gasteiger partial charge in [-0.2, -0.15) is 5.26 Å². The van der Waals surface area contributed by atoms with Crippen LogP contribution in [-0.4, -0.2) is 16.6 Å². The minimum absolute atomic E-state index is 0.00736. The number of nitriles is 1.